The Balaban J connectivity index is -0.000000109. The van der Waals surface area contributed by atoms with Crippen LogP contribution in [0.4, 0.5) is 9.18 Å². The van der Waals surface area contributed by atoms with Crippen molar-refractivity contribution in [1.82, 2.24) is 0 Å². The summed E-state index contributed by atoms with van der Waals surface area (Å²) in [7, 11) is 4.25. The summed E-state index contributed by atoms with van der Waals surface area (Å²) in [6.07, 6.45) is -0.711. The zero-order valence-corrected chi connectivity index (χ0v) is 5.98. The number of nitrogens with two attached hydrogens (primary N) is 1. The van der Waals surface area contributed by atoms with Crippen molar-refractivity contribution in [3.8, 4) is 0 Å². The molecule has 7 radical (unpaired) electrons. The molecule has 1 amide bonds. The number of hydrogen-bond donors (Lipinski definition) is 1. The van der Waals surface area contributed by atoms with E-state index in [2.05, 4.69) is 17.6 Å². The number of carbonyl (C=O) groups excluding carboxylic acids is 1. The summed E-state index contributed by atoms with van der Waals surface area (Å²) in [6, 6.07) is 0. The van der Waals surface area contributed by atoms with Gasteiger partial charge in [-0.25, -0.2) is 9.18 Å². The third kappa shape index (κ3) is 37.3. The van der Waals surface area contributed by atoms with Gasteiger partial charge in [0.1, 0.15) is 0 Å². The first kappa shape index (κ1) is 15.8. The van der Waals surface area contributed by atoms with E-state index in [4.69, 9.17) is 4.39 Å². The molecule has 0 heterocycles. The van der Waals surface area contributed by atoms with Crippen LogP contribution < -0.4 is 5.73 Å². The van der Waals surface area contributed by atoms with Crippen LogP contribution in [0.15, 0.2) is 0 Å². The van der Waals surface area contributed by atoms with Gasteiger partial charge in [-0.3, -0.25) is 0 Å². The fourth-order valence-electron chi connectivity index (χ4n) is 0.142. The highest BCUT2D eigenvalue weighted by molar-refractivity contribution is 5.75. The molecule has 0 saturated carbocycles. The Bertz CT molecular complexity index is 62.5. The molecule has 0 fully saturated rings. The molecule has 5 heteroatoms. The van der Waals surface area contributed by atoms with Crippen molar-refractivity contribution in [3.05, 3.63) is 7.18 Å². The average Bonchev–Trinajstić information content (AvgIpc) is 1.72. The summed E-state index contributed by atoms with van der Waals surface area (Å²) < 4.78 is 12.9. The minimum absolute atomic E-state index is 0. The van der Waals surface area contributed by atoms with Crippen LogP contribution in [0.1, 0.15) is 6.92 Å². The topological polar surface area (TPSA) is 52.3 Å². The van der Waals surface area contributed by atoms with E-state index >= 15 is 0 Å². The molecule has 0 bridgehead atoms. The molecule has 51 valence electrons. The summed E-state index contributed by atoms with van der Waals surface area (Å²) in [4.78, 5) is 9.60. The lowest BCUT2D eigenvalue weighted by atomic mass is 10.9. The summed E-state index contributed by atoms with van der Waals surface area (Å²) in [6.45, 7) is 2.06. The number of carbonyl (C=O) groups is 1. The van der Waals surface area contributed by atoms with E-state index in [1.165, 1.54) is 0 Å². The molecule has 0 atom stereocenters. The zero-order chi connectivity index (χ0) is 6.99. The molecule has 0 aliphatic rings. The van der Waals surface area contributed by atoms with E-state index in [-0.39, 0.29) is 11.0 Å². The Kier molecular flexibility index (Phi) is 27.4. The smallest absolute Gasteiger partial charge is 0.404 e. The molecule has 0 aromatic carbocycles. The van der Waals surface area contributed by atoms with E-state index in [0.717, 1.165) is 0 Å². The van der Waals surface area contributed by atoms with Crippen LogP contribution in [0.25, 0.3) is 0 Å². The molecule has 0 saturated heterocycles. The number of ether oxygens (including phenoxy) is 1. The van der Waals surface area contributed by atoms with Crippen LogP contribution in [0.2, 0.25) is 0 Å². The van der Waals surface area contributed by atoms with E-state index in [1.807, 2.05) is 0 Å². The predicted octanol–water partition coefficient (Wildman–Crippen LogP) is 0.222. The Hall–Kier alpha value is -0.583. The van der Waals surface area contributed by atoms with Gasteiger partial charge in [-0.15, -0.1) is 0 Å². The van der Waals surface area contributed by atoms with E-state index in [9.17, 15) is 4.79 Å². The van der Waals surface area contributed by atoms with Crippen LogP contribution in [0, 0.1) is 7.18 Å². The number of primary amides is 1. The minimum Gasteiger partial charge on any atom is -0.450 e. The van der Waals surface area contributed by atoms with E-state index < -0.39 is 6.09 Å². The Morgan fingerprint density at radius 2 is 2.11 bits per heavy atom. The summed E-state index contributed by atoms with van der Waals surface area (Å²) in [5, 5.41) is 0. The third-order valence-corrected chi connectivity index (χ3v) is 0.287. The maximum Gasteiger partial charge on any atom is 0.404 e. The molecule has 0 rings (SSSR count). The van der Waals surface area contributed by atoms with Crippen LogP contribution in [-0.4, -0.2) is 23.7 Å². The second kappa shape index (κ2) is 15.7. The monoisotopic (exact) mass is 148 g/mol. The highest BCUT2D eigenvalue weighted by atomic mass is 28.1. The molecule has 0 aromatic heterocycles. The molecule has 3 nitrogen and oxygen atoms in total. The van der Waals surface area contributed by atoms with Crippen LogP contribution in [0.3, 0.4) is 0 Å². The van der Waals surface area contributed by atoms with Crippen molar-refractivity contribution >= 4 is 17.1 Å². The molecule has 0 aliphatic heterocycles. The molecule has 2 N–H and O–H groups in total. The number of amides is 1. The first-order valence-electron chi connectivity index (χ1n) is 1.88. The number of halogens is 1. The van der Waals surface area contributed by atoms with Crippen LogP contribution in [-0.2, 0) is 4.74 Å². The molecular weight excluding hydrogens is 141 g/mol. The number of rotatable bonds is 1. The summed E-state index contributed by atoms with van der Waals surface area (Å²) in [5.41, 5.74) is 4.54. The second-order valence-corrected chi connectivity index (χ2v) is 0.752. The summed E-state index contributed by atoms with van der Waals surface area (Å²) >= 11 is 0. The van der Waals surface area contributed by atoms with Crippen molar-refractivity contribution in [2.24, 2.45) is 5.73 Å². The lowest BCUT2D eigenvalue weighted by Gasteiger charge is -1.89. The third-order valence-electron chi connectivity index (χ3n) is 0.287. The lowest BCUT2D eigenvalue weighted by molar-refractivity contribution is 0.163. The first-order chi connectivity index (χ1) is 3.77. The molecular formula is C4H7FNO2Si. The quantitative estimate of drug-likeness (QED) is 0.541. The maximum atomic E-state index is 9.60. The Morgan fingerprint density at radius 1 is 1.78 bits per heavy atom. The van der Waals surface area contributed by atoms with Gasteiger partial charge in [0.05, 0.1) is 6.61 Å². The van der Waals surface area contributed by atoms with Crippen molar-refractivity contribution in [2.45, 2.75) is 6.92 Å². The maximum absolute atomic E-state index is 9.60. The highest BCUT2D eigenvalue weighted by Gasteiger charge is 1.82. The van der Waals surface area contributed by atoms with Gasteiger partial charge < -0.3 is 10.5 Å². The first-order valence-corrected chi connectivity index (χ1v) is 1.88. The van der Waals surface area contributed by atoms with Gasteiger partial charge in [-0.2, -0.15) is 0 Å². The molecule has 0 aliphatic carbocycles. The van der Waals surface area contributed by atoms with Gasteiger partial charge in [0.25, 0.3) is 0 Å². The van der Waals surface area contributed by atoms with Gasteiger partial charge in [-0.1, -0.05) is 0 Å². The second-order valence-electron chi connectivity index (χ2n) is 0.752. The van der Waals surface area contributed by atoms with Crippen LogP contribution in [0.5, 0.6) is 0 Å². The molecule has 9 heavy (non-hydrogen) atoms. The van der Waals surface area contributed by atoms with E-state index in [1.54, 1.807) is 6.92 Å². The summed E-state index contributed by atoms with van der Waals surface area (Å²) in [5.74, 6) is 0. The largest absolute Gasteiger partial charge is 0.450 e. The fraction of sp³-hybridized carbons (Fsp3) is 0.500. The van der Waals surface area contributed by atoms with Gasteiger partial charge in [0, 0.05) is 11.0 Å². The minimum atomic E-state index is -0.711. The zero-order valence-electron chi connectivity index (χ0n) is 4.98. The Morgan fingerprint density at radius 3 is 2.11 bits per heavy atom. The normalized spacial score (nSPS) is 5.67. The predicted molar refractivity (Wildman–Crippen MR) is 31.3 cm³/mol. The van der Waals surface area contributed by atoms with Crippen molar-refractivity contribution < 1.29 is 13.9 Å². The van der Waals surface area contributed by atoms with Crippen molar-refractivity contribution in [3.63, 3.8) is 0 Å². The number of hydrogen-bond acceptors (Lipinski definition) is 2. The van der Waals surface area contributed by atoms with Gasteiger partial charge >= 0.3 is 6.09 Å². The standard InChI is InChI=1S/C3H7NO2.CF.Si/c1-2-6-3(4)5;1-2;/h2H2,1H3,(H2,4,5);;. The van der Waals surface area contributed by atoms with Crippen LogP contribution >= 0.6 is 0 Å². The average molecular weight is 148 g/mol. The van der Waals surface area contributed by atoms with Gasteiger partial charge in [0.2, 0.25) is 7.18 Å². The van der Waals surface area contributed by atoms with Crippen molar-refractivity contribution in [2.75, 3.05) is 6.61 Å². The molecule has 0 aromatic rings. The SMILES string of the molecule is CCOC(N)=O.[C]F.[Si]. The Labute approximate surface area is 58.4 Å². The lowest BCUT2D eigenvalue weighted by Crippen LogP contribution is -2.11. The van der Waals surface area contributed by atoms with Crippen molar-refractivity contribution in [1.29, 1.82) is 0 Å². The fourth-order valence-corrected chi connectivity index (χ4v) is 0.142. The molecule has 0 unspecified atom stereocenters. The highest BCUT2D eigenvalue weighted by Crippen LogP contribution is 1.66. The van der Waals surface area contributed by atoms with Gasteiger partial charge in [-0.05, 0) is 6.92 Å². The van der Waals surface area contributed by atoms with E-state index in [0.29, 0.717) is 6.61 Å². The molecule has 0 spiro atoms. The van der Waals surface area contributed by atoms with Gasteiger partial charge in [0.15, 0.2) is 0 Å².